The monoisotopic (exact) mass is 436 g/mol. The normalized spacial score (nSPS) is 11.2. The quantitative estimate of drug-likeness (QED) is 0.226. The zero-order chi connectivity index (χ0) is 22.6. The van der Waals surface area contributed by atoms with E-state index in [9.17, 15) is 28.1 Å². The summed E-state index contributed by atoms with van der Waals surface area (Å²) in [6.45, 7) is 0.914. The molecule has 0 radical (unpaired) electrons. The molecule has 0 aliphatic carbocycles. The highest BCUT2D eigenvalue weighted by Gasteiger charge is 2.33. The molecule has 0 atom stereocenters. The summed E-state index contributed by atoms with van der Waals surface area (Å²) >= 11 is 0. The predicted octanol–water partition coefficient (Wildman–Crippen LogP) is 4.81. The number of aryl methyl sites for hydroxylation is 1. The molecule has 0 unspecified atom stereocenters. The molecule has 3 aromatic rings. The molecule has 0 aliphatic rings. The average Bonchev–Trinajstić information content (AvgIpc) is 3.12. The van der Waals surface area contributed by atoms with Gasteiger partial charge in [0.2, 0.25) is 0 Å². The minimum atomic E-state index is -4.73. The van der Waals surface area contributed by atoms with Crippen molar-refractivity contribution >= 4 is 11.7 Å². The van der Waals surface area contributed by atoms with Gasteiger partial charge < -0.3 is 14.0 Å². The van der Waals surface area contributed by atoms with Crippen LogP contribution in [0.5, 0.6) is 5.75 Å². The number of esters is 1. The third kappa shape index (κ3) is 5.00. The summed E-state index contributed by atoms with van der Waals surface area (Å²) in [5.41, 5.74) is -0.964. The Kier molecular flexibility index (Phi) is 6.23. The molecule has 3 rings (SSSR count). The number of hydrogen-bond acceptors (Lipinski definition) is 7. The topological polar surface area (TPSA) is 105 Å². The van der Waals surface area contributed by atoms with Crippen LogP contribution in [0.4, 0.5) is 18.9 Å². The highest BCUT2D eigenvalue weighted by Crippen LogP contribution is 2.36. The van der Waals surface area contributed by atoms with Crippen LogP contribution in [0.25, 0.3) is 11.3 Å². The number of nitro benzene ring substituents is 1. The second-order valence-corrected chi connectivity index (χ2v) is 6.25. The van der Waals surface area contributed by atoms with Crippen molar-refractivity contribution in [1.29, 1.82) is 0 Å². The van der Waals surface area contributed by atoms with Crippen LogP contribution in [0.3, 0.4) is 0 Å². The van der Waals surface area contributed by atoms with Crippen molar-refractivity contribution in [3.63, 3.8) is 0 Å². The van der Waals surface area contributed by atoms with E-state index in [1.54, 1.807) is 30.3 Å². The van der Waals surface area contributed by atoms with Crippen molar-refractivity contribution in [1.82, 2.24) is 5.16 Å². The van der Waals surface area contributed by atoms with Gasteiger partial charge in [-0.1, -0.05) is 35.5 Å². The van der Waals surface area contributed by atoms with Gasteiger partial charge >= 0.3 is 17.8 Å². The Bertz CT molecular complexity index is 1100. The van der Waals surface area contributed by atoms with Crippen molar-refractivity contribution in [2.45, 2.75) is 13.1 Å². The van der Waals surface area contributed by atoms with Crippen molar-refractivity contribution in [3.05, 3.63) is 75.5 Å². The van der Waals surface area contributed by atoms with E-state index in [0.29, 0.717) is 23.4 Å². The van der Waals surface area contributed by atoms with Gasteiger partial charge in [0.05, 0.1) is 10.5 Å². The number of alkyl halides is 3. The zero-order valence-corrected chi connectivity index (χ0v) is 16.0. The highest BCUT2D eigenvalue weighted by molar-refractivity contribution is 5.97. The van der Waals surface area contributed by atoms with Gasteiger partial charge in [0, 0.05) is 11.6 Å². The molecule has 31 heavy (non-hydrogen) atoms. The molecule has 8 nitrogen and oxygen atoms in total. The Balaban J connectivity index is 1.65. The van der Waals surface area contributed by atoms with Crippen molar-refractivity contribution in [2.75, 3.05) is 13.2 Å². The molecule has 0 fully saturated rings. The number of nitro groups is 1. The van der Waals surface area contributed by atoms with E-state index in [1.807, 2.05) is 0 Å². The number of halogens is 3. The van der Waals surface area contributed by atoms with Crippen LogP contribution in [0.2, 0.25) is 0 Å². The van der Waals surface area contributed by atoms with E-state index in [4.69, 9.17) is 14.0 Å². The Morgan fingerprint density at radius 2 is 1.87 bits per heavy atom. The Hall–Kier alpha value is -3.89. The number of nitrogens with zero attached hydrogens (tertiary/aromatic N) is 2. The summed E-state index contributed by atoms with van der Waals surface area (Å²) in [6.07, 6.45) is -4.73. The van der Waals surface area contributed by atoms with Gasteiger partial charge in [0.25, 0.3) is 0 Å². The zero-order valence-electron chi connectivity index (χ0n) is 16.0. The van der Waals surface area contributed by atoms with Crippen molar-refractivity contribution < 1.29 is 36.9 Å². The van der Waals surface area contributed by atoms with Gasteiger partial charge in [-0.2, -0.15) is 13.2 Å². The average molecular weight is 436 g/mol. The smallest absolute Gasteiger partial charge is 0.416 e. The van der Waals surface area contributed by atoms with Crippen LogP contribution in [0.15, 0.2) is 53.1 Å². The Morgan fingerprint density at radius 3 is 2.52 bits per heavy atom. The minimum absolute atomic E-state index is 0.117. The lowest BCUT2D eigenvalue weighted by molar-refractivity contribution is -0.386. The predicted molar refractivity (Wildman–Crippen MR) is 101 cm³/mol. The Morgan fingerprint density at radius 1 is 1.16 bits per heavy atom. The van der Waals surface area contributed by atoms with Crippen LogP contribution in [0.1, 0.15) is 21.7 Å². The van der Waals surface area contributed by atoms with Crippen LogP contribution in [-0.2, 0) is 10.9 Å². The summed E-state index contributed by atoms with van der Waals surface area (Å²) in [5.74, 6) is -0.883. The van der Waals surface area contributed by atoms with E-state index in [2.05, 4.69) is 5.16 Å². The molecular weight excluding hydrogens is 421 g/mol. The van der Waals surface area contributed by atoms with E-state index in [-0.39, 0.29) is 30.3 Å². The molecule has 2 aromatic carbocycles. The maximum Gasteiger partial charge on any atom is 0.416 e. The molecule has 1 aromatic heterocycles. The first-order chi connectivity index (χ1) is 14.7. The number of carbonyl (C=O) groups excluding carboxylic acids is 1. The van der Waals surface area contributed by atoms with E-state index in [0.717, 1.165) is 6.07 Å². The maximum atomic E-state index is 12.7. The summed E-state index contributed by atoms with van der Waals surface area (Å²) in [5, 5.41) is 14.9. The fraction of sp³-hybridized carbons (Fsp3) is 0.200. The Labute approximate surface area is 173 Å². The van der Waals surface area contributed by atoms with Crippen LogP contribution in [-0.4, -0.2) is 29.3 Å². The first-order valence-electron chi connectivity index (χ1n) is 8.85. The lowest BCUT2D eigenvalue weighted by atomic mass is 10.1. The van der Waals surface area contributed by atoms with E-state index < -0.39 is 28.3 Å². The molecule has 0 spiro atoms. The number of ether oxygens (including phenoxy) is 2. The first-order valence-corrected chi connectivity index (χ1v) is 8.85. The lowest BCUT2D eigenvalue weighted by Gasteiger charge is -2.10. The SMILES string of the molecule is Cc1onc(-c2ccccc2)c1C(=O)OCCOc1ccc(C(F)(F)F)cc1[N+](=O)[O-]. The van der Waals surface area contributed by atoms with Crippen molar-refractivity contribution in [2.24, 2.45) is 0 Å². The summed E-state index contributed by atoms with van der Waals surface area (Å²) in [6, 6.07) is 10.7. The van der Waals surface area contributed by atoms with E-state index >= 15 is 0 Å². The summed E-state index contributed by atoms with van der Waals surface area (Å²) in [7, 11) is 0. The van der Waals surface area contributed by atoms with Gasteiger partial charge in [-0.05, 0) is 19.1 Å². The number of benzene rings is 2. The summed E-state index contributed by atoms with van der Waals surface area (Å²) < 4.78 is 53.6. The molecule has 0 N–H and O–H groups in total. The molecule has 162 valence electrons. The van der Waals surface area contributed by atoms with Crippen LogP contribution >= 0.6 is 0 Å². The standard InChI is InChI=1S/C20H15F3N2O6/c1-12-17(18(24-31-12)13-5-3-2-4-6-13)19(26)30-10-9-29-16-8-7-14(20(21,22)23)11-15(16)25(27)28/h2-8,11H,9-10H2,1H3. The van der Waals surface area contributed by atoms with Gasteiger partial charge in [-0.15, -0.1) is 0 Å². The lowest BCUT2D eigenvalue weighted by Crippen LogP contribution is -2.14. The molecular formula is C20H15F3N2O6. The molecule has 0 aliphatic heterocycles. The molecule has 0 saturated carbocycles. The third-order valence-electron chi connectivity index (χ3n) is 4.17. The fourth-order valence-electron chi connectivity index (χ4n) is 2.72. The number of aromatic nitrogens is 1. The second kappa shape index (κ2) is 8.86. The third-order valence-corrected chi connectivity index (χ3v) is 4.17. The minimum Gasteiger partial charge on any atom is -0.483 e. The molecule has 1 heterocycles. The number of hydrogen-bond donors (Lipinski definition) is 0. The molecule has 0 bridgehead atoms. The number of carbonyl (C=O) groups is 1. The van der Waals surface area contributed by atoms with Gasteiger partial charge in [-0.3, -0.25) is 10.1 Å². The van der Waals surface area contributed by atoms with Crippen molar-refractivity contribution in [3.8, 4) is 17.0 Å². The van der Waals surface area contributed by atoms with Gasteiger partial charge in [-0.25, -0.2) is 4.79 Å². The summed E-state index contributed by atoms with van der Waals surface area (Å²) in [4.78, 5) is 22.5. The first kappa shape index (κ1) is 21.8. The van der Waals surface area contributed by atoms with Crippen LogP contribution in [0, 0.1) is 17.0 Å². The molecule has 0 amide bonds. The highest BCUT2D eigenvalue weighted by atomic mass is 19.4. The fourth-order valence-corrected chi connectivity index (χ4v) is 2.72. The van der Waals surface area contributed by atoms with Gasteiger partial charge in [0.15, 0.2) is 5.75 Å². The maximum absolute atomic E-state index is 12.7. The number of rotatable bonds is 7. The largest absolute Gasteiger partial charge is 0.483 e. The van der Waals surface area contributed by atoms with Crippen LogP contribution < -0.4 is 4.74 Å². The molecule has 0 saturated heterocycles. The molecule has 11 heteroatoms. The second-order valence-electron chi connectivity index (χ2n) is 6.25. The van der Waals surface area contributed by atoms with E-state index in [1.165, 1.54) is 6.92 Å². The van der Waals surface area contributed by atoms with Gasteiger partial charge in [0.1, 0.15) is 30.2 Å².